The maximum Gasteiger partial charge on any atom is 0.451 e. The molecule has 0 radical (unpaired) electrons. The van der Waals surface area contributed by atoms with E-state index >= 15 is 0 Å². The van der Waals surface area contributed by atoms with E-state index in [1.54, 1.807) is 30.6 Å². The Morgan fingerprint density at radius 2 is 1.62 bits per heavy atom. The Bertz CT molecular complexity index is 1220. The third-order valence-electron chi connectivity index (χ3n) is 4.13. The molecule has 0 unspecified atom stereocenters. The molecule has 0 aliphatic heterocycles. The number of benzene rings is 1. The minimum atomic E-state index is -4.59. The second-order valence-corrected chi connectivity index (χ2v) is 6.50. The number of nitrogens with zero attached hydrogens (tertiary/aromatic N) is 4. The molecule has 0 aliphatic rings. The molecule has 0 saturated carbocycles. The maximum absolute atomic E-state index is 12.8. The van der Waals surface area contributed by atoms with Crippen LogP contribution >= 0.6 is 0 Å². The molecule has 4 N–H and O–H groups in total. The summed E-state index contributed by atoms with van der Waals surface area (Å²) in [5.41, 5.74) is 13.7. The van der Waals surface area contributed by atoms with E-state index in [1.165, 1.54) is 6.07 Å². The summed E-state index contributed by atoms with van der Waals surface area (Å²) in [6, 6.07) is 12.2. The molecule has 0 bridgehead atoms. The molecule has 3 heterocycles. The SMILES string of the molecule is NCC(F)(F)F.Nc1cccc(-c2cnc3cc(-c4ccnc(C(F)(F)F)n4)ccn23)c1. The summed E-state index contributed by atoms with van der Waals surface area (Å²) in [5, 5.41) is 0. The molecule has 0 fully saturated rings. The van der Waals surface area contributed by atoms with Crippen LogP contribution in [0.5, 0.6) is 0 Å². The second kappa shape index (κ2) is 8.83. The Balaban J connectivity index is 0.000000427. The minimum Gasteiger partial charge on any atom is -0.399 e. The zero-order chi connectivity index (χ0) is 23.5. The summed E-state index contributed by atoms with van der Waals surface area (Å²) in [6.07, 6.45) is -4.24. The summed E-state index contributed by atoms with van der Waals surface area (Å²) in [6.45, 7) is -1.23. The lowest BCUT2D eigenvalue weighted by atomic mass is 10.1. The molecule has 6 nitrogen and oxygen atoms in total. The van der Waals surface area contributed by atoms with Gasteiger partial charge in [0.1, 0.15) is 5.65 Å². The normalized spacial score (nSPS) is 11.8. The molecule has 168 valence electrons. The van der Waals surface area contributed by atoms with Crippen molar-refractivity contribution >= 4 is 11.3 Å². The monoisotopic (exact) mass is 454 g/mol. The number of aromatic nitrogens is 4. The van der Waals surface area contributed by atoms with Crippen molar-refractivity contribution in [1.82, 2.24) is 19.4 Å². The van der Waals surface area contributed by atoms with E-state index in [4.69, 9.17) is 5.73 Å². The number of nitrogen functional groups attached to an aromatic ring is 1. The van der Waals surface area contributed by atoms with Crippen molar-refractivity contribution in [3.8, 4) is 22.5 Å². The first-order valence-electron chi connectivity index (χ1n) is 8.98. The van der Waals surface area contributed by atoms with Gasteiger partial charge < -0.3 is 11.5 Å². The van der Waals surface area contributed by atoms with E-state index in [0.29, 0.717) is 16.9 Å². The van der Waals surface area contributed by atoms with Crippen LogP contribution in [0, 0.1) is 0 Å². The van der Waals surface area contributed by atoms with Crippen LogP contribution in [0.1, 0.15) is 5.82 Å². The van der Waals surface area contributed by atoms with Crippen LogP contribution in [-0.4, -0.2) is 32.1 Å². The highest BCUT2D eigenvalue weighted by Crippen LogP contribution is 2.29. The number of rotatable bonds is 2. The lowest BCUT2D eigenvalue weighted by Gasteiger charge is -2.08. The van der Waals surface area contributed by atoms with E-state index in [1.807, 2.05) is 22.6 Å². The van der Waals surface area contributed by atoms with Gasteiger partial charge in [-0.05, 0) is 30.3 Å². The van der Waals surface area contributed by atoms with E-state index in [2.05, 4.69) is 20.7 Å². The number of hydrogen-bond acceptors (Lipinski definition) is 5. The van der Waals surface area contributed by atoms with Gasteiger partial charge in [0.05, 0.1) is 24.1 Å². The Morgan fingerprint density at radius 3 is 2.25 bits per heavy atom. The number of halogens is 6. The number of pyridine rings is 1. The van der Waals surface area contributed by atoms with Crippen LogP contribution in [-0.2, 0) is 6.18 Å². The Labute approximate surface area is 177 Å². The molecular weight excluding hydrogens is 438 g/mol. The summed E-state index contributed by atoms with van der Waals surface area (Å²) >= 11 is 0. The standard InChI is InChI=1S/C18H12F3N5.C2H4F3N/c19-18(20,21)17-23-6-4-14(25-17)11-5-7-26-15(10-24-16(26)9-11)12-2-1-3-13(22)8-12;3-2(4,5)1-6/h1-10H,22H2;1,6H2. The summed E-state index contributed by atoms with van der Waals surface area (Å²) in [4.78, 5) is 11.2. The molecule has 0 atom stereocenters. The van der Waals surface area contributed by atoms with Crippen LogP contribution in [0.25, 0.3) is 28.2 Å². The average Bonchev–Trinajstić information content (AvgIpc) is 3.16. The molecule has 0 amide bonds. The number of imidazole rings is 1. The summed E-state index contributed by atoms with van der Waals surface area (Å²) in [5.74, 6) is -1.17. The van der Waals surface area contributed by atoms with Crippen molar-refractivity contribution in [3.63, 3.8) is 0 Å². The maximum atomic E-state index is 12.8. The van der Waals surface area contributed by atoms with Crippen molar-refractivity contribution in [2.75, 3.05) is 12.3 Å². The summed E-state index contributed by atoms with van der Waals surface area (Å²) < 4.78 is 72.2. The molecule has 3 aromatic heterocycles. The van der Waals surface area contributed by atoms with Crippen molar-refractivity contribution in [2.45, 2.75) is 12.4 Å². The molecule has 4 aromatic rings. The fraction of sp³-hybridized carbons (Fsp3) is 0.150. The van der Waals surface area contributed by atoms with Gasteiger partial charge >= 0.3 is 12.4 Å². The minimum absolute atomic E-state index is 0.184. The fourth-order valence-electron chi connectivity index (χ4n) is 2.71. The molecule has 4 rings (SSSR count). The van der Waals surface area contributed by atoms with Crippen LogP contribution in [0.4, 0.5) is 32.0 Å². The Kier molecular flexibility index (Phi) is 6.35. The first-order chi connectivity index (χ1) is 15.0. The quantitative estimate of drug-likeness (QED) is 0.342. The lowest BCUT2D eigenvalue weighted by molar-refractivity contribution is -0.144. The number of alkyl halides is 6. The van der Waals surface area contributed by atoms with Crippen LogP contribution < -0.4 is 11.5 Å². The van der Waals surface area contributed by atoms with Gasteiger partial charge in [0, 0.05) is 29.2 Å². The van der Waals surface area contributed by atoms with Crippen molar-refractivity contribution in [2.24, 2.45) is 5.73 Å². The lowest BCUT2D eigenvalue weighted by Crippen LogP contribution is -2.21. The summed E-state index contributed by atoms with van der Waals surface area (Å²) in [7, 11) is 0. The highest BCUT2D eigenvalue weighted by Gasteiger charge is 2.34. The van der Waals surface area contributed by atoms with Crippen molar-refractivity contribution in [3.05, 3.63) is 66.9 Å². The topological polar surface area (TPSA) is 95.1 Å². The third kappa shape index (κ3) is 5.52. The van der Waals surface area contributed by atoms with E-state index < -0.39 is 24.7 Å². The molecule has 1 aromatic carbocycles. The van der Waals surface area contributed by atoms with Gasteiger partial charge in [-0.2, -0.15) is 26.3 Å². The zero-order valence-corrected chi connectivity index (χ0v) is 16.2. The van der Waals surface area contributed by atoms with Crippen LogP contribution in [0.15, 0.2) is 61.1 Å². The van der Waals surface area contributed by atoms with Crippen LogP contribution in [0.2, 0.25) is 0 Å². The first kappa shape index (κ1) is 23.0. The predicted octanol–water partition coefficient (Wildman–Crippen LogP) is 4.57. The molecular formula is C20H16F6N6. The van der Waals surface area contributed by atoms with Gasteiger partial charge in [-0.15, -0.1) is 0 Å². The highest BCUT2D eigenvalue weighted by molar-refractivity contribution is 5.70. The average molecular weight is 454 g/mol. The largest absolute Gasteiger partial charge is 0.451 e. The van der Waals surface area contributed by atoms with Gasteiger partial charge in [0.15, 0.2) is 0 Å². The number of nitrogens with two attached hydrogens (primary N) is 2. The molecule has 0 spiro atoms. The highest BCUT2D eigenvalue weighted by atomic mass is 19.4. The van der Waals surface area contributed by atoms with Gasteiger partial charge in [-0.1, -0.05) is 12.1 Å². The predicted molar refractivity (Wildman–Crippen MR) is 106 cm³/mol. The molecule has 12 heteroatoms. The van der Waals surface area contributed by atoms with E-state index in [0.717, 1.165) is 17.5 Å². The third-order valence-corrected chi connectivity index (χ3v) is 4.13. The van der Waals surface area contributed by atoms with Gasteiger partial charge in [0.25, 0.3) is 0 Å². The molecule has 32 heavy (non-hydrogen) atoms. The van der Waals surface area contributed by atoms with Gasteiger partial charge in [-0.3, -0.25) is 4.40 Å². The second-order valence-electron chi connectivity index (χ2n) is 6.50. The van der Waals surface area contributed by atoms with E-state index in [-0.39, 0.29) is 5.69 Å². The number of anilines is 1. The zero-order valence-electron chi connectivity index (χ0n) is 16.2. The molecule has 0 aliphatic carbocycles. The van der Waals surface area contributed by atoms with Crippen molar-refractivity contribution in [1.29, 1.82) is 0 Å². The number of fused-ring (bicyclic) bond motifs is 1. The Morgan fingerprint density at radius 1 is 0.906 bits per heavy atom. The Hall–Kier alpha value is -3.67. The fourth-order valence-corrected chi connectivity index (χ4v) is 2.71. The van der Waals surface area contributed by atoms with E-state index in [9.17, 15) is 26.3 Å². The van der Waals surface area contributed by atoms with Crippen molar-refractivity contribution < 1.29 is 26.3 Å². The first-order valence-corrected chi connectivity index (χ1v) is 8.98. The van der Waals surface area contributed by atoms with Gasteiger partial charge in [-0.25, -0.2) is 15.0 Å². The molecule has 0 saturated heterocycles. The number of hydrogen-bond donors (Lipinski definition) is 2. The van der Waals surface area contributed by atoms with Gasteiger partial charge in [0.2, 0.25) is 5.82 Å². The van der Waals surface area contributed by atoms with Crippen LogP contribution in [0.3, 0.4) is 0 Å². The smallest absolute Gasteiger partial charge is 0.399 e.